The minimum absolute atomic E-state index is 0.0749. The lowest BCUT2D eigenvalue weighted by Gasteiger charge is -2.08. The maximum absolute atomic E-state index is 13.0. The van der Waals surface area contributed by atoms with Crippen LogP contribution in [0.2, 0.25) is 5.02 Å². The minimum atomic E-state index is -0.442. The zero-order chi connectivity index (χ0) is 12.3. The Balaban J connectivity index is 2.16. The van der Waals surface area contributed by atoms with Crippen molar-refractivity contribution < 1.29 is 4.39 Å². The molecule has 0 aromatic heterocycles. The normalized spacial score (nSPS) is 10.0. The molecule has 0 atom stereocenters. The number of thiocarbonyl (C=S) groups is 1. The van der Waals surface area contributed by atoms with Gasteiger partial charge in [0.05, 0.1) is 5.02 Å². The van der Waals surface area contributed by atoms with Gasteiger partial charge in [-0.1, -0.05) is 54.2 Å². The number of nitrogens with one attached hydrogen (secondary N) is 1. The summed E-state index contributed by atoms with van der Waals surface area (Å²) in [5.41, 5.74) is 1.58. The largest absolute Gasteiger partial charge is 0.346 e. The molecule has 0 spiro atoms. The Morgan fingerprint density at radius 1 is 1.12 bits per heavy atom. The quantitative estimate of drug-likeness (QED) is 0.814. The molecule has 4 heteroatoms. The third-order valence-electron chi connectivity index (χ3n) is 2.21. The number of hydrogen-bond donors (Lipinski definition) is 1. The predicted molar refractivity (Wildman–Crippen MR) is 73.2 cm³/mol. The highest BCUT2D eigenvalue weighted by Crippen LogP contribution is 2.20. The zero-order valence-corrected chi connectivity index (χ0v) is 10.4. The lowest BCUT2D eigenvalue weighted by atomic mass is 10.2. The lowest BCUT2D eigenvalue weighted by Crippen LogP contribution is -2.10. The molecule has 1 nitrogen and oxygen atoms in total. The highest BCUT2D eigenvalue weighted by molar-refractivity contribution is 7.81. The molecule has 0 saturated carbocycles. The molecular weight excluding hydrogens is 257 g/mol. The smallest absolute Gasteiger partial charge is 0.141 e. The van der Waals surface area contributed by atoms with E-state index in [9.17, 15) is 4.39 Å². The van der Waals surface area contributed by atoms with Crippen LogP contribution >= 0.6 is 23.8 Å². The van der Waals surface area contributed by atoms with E-state index in [1.807, 2.05) is 30.3 Å². The number of halogens is 2. The zero-order valence-electron chi connectivity index (χ0n) is 8.78. The first kappa shape index (κ1) is 12.0. The van der Waals surface area contributed by atoms with Gasteiger partial charge in [0.1, 0.15) is 10.8 Å². The first-order chi connectivity index (χ1) is 8.16. The second-order valence-electron chi connectivity index (χ2n) is 3.45. The number of hydrogen-bond acceptors (Lipinski definition) is 1. The van der Waals surface area contributed by atoms with Gasteiger partial charge in [0.2, 0.25) is 0 Å². The van der Waals surface area contributed by atoms with Crippen LogP contribution in [0, 0.1) is 5.82 Å². The molecule has 1 N–H and O–H groups in total. The average Bonchev–Trinajstić information content (AvgIpc) is 2.35. The summed E-state index contributed by atoms with van der Waals surface area (Å²) in [6.07, 6.45) is 0. The maximum atomic E-state index is 13.0. The van der Waals surface area contributed by atoms with Gasteiger partial charge in [-0.25, -0.2) is 4.39 Å². The van der Waals surface area contributed by atoms with Crippen LogP contribution in [0.1, 0.15) is 5.56 Å². The van der Waals surface area contributed by atoms with Crippen molar-refractivity contribution in [1.82, 2.24) is 0 Å². The van der Waals surface area contributed by atoms with E-state index < -0.39 is 5.82 Å². The second-order valence-corrected chi connectivity index (χ2v) is 4.26. The van der Waals surface area contributed by atoms with Crippen molar-refractivity contribution >= 4 is 34.5 Å². The van der Waals surface area contributed by atoms with E-state index in [-0.39, 0.29) is 5.02 Å². The minimum Gasteiger partial charge on any atom is -0.346 e. The fourth-order valence-electron chi connectivity index (χ4n) is 1.37. The van der Waals surface area contributed by atoms with Gasteiger partial charge in [-0.15, -0.1) is 0 Å². The average molecular weight is 266 g/mol. The fraction of sp³-hybridized carbons (Fsp3) is 0. The molecule has 2 aromatic rings. The van der Waals surface area contributed by atoms with Crippen LogP contribution < -0.4 is 5.32 Å². The second kappa shape index (κ2) is 5.25. The summed E-state index contributed by atoms with van der Waals surface area (Å²) < 4.78 is 13.0. The molecule has 17 heavy (non-hydrogen) atoms. The summed E-state index contributed by atoms with van der Waals surface area (Å²) in [5, 5.41) is 3.08. The van der Waals surface area contributed by atoms with Crippen molar-refractivity contribution in [2.75, 3.05) is 5.32 Å². The summed E-state index contributed by atoms with van der Waals surface area (Å²) in [4.78, 5) is 0.577. The molecule has 0 heterocycles. The molecule has 2 rings (SSSR count). The van der Waals surface area contributed by atoms with E-state index in [1.165, 1.54) is 12.1 Å². The van der Waals surface area contributed by atoms with Gasteiger partial charge >= 0.3 is 0 Å². The van der Waals surface area contributed by atoms with Crippen LogP contribution in [0.4, 0.5) is 10.1 Å². The Morgan fingerprint density at radius 2 is 1.82 bits per heavy atom. The molecule has 0 amide bonds. The molecule has 0 unspecified atom stereocenters. The van der Waals surface area contributed by atoms with Gasteiger partial charge in [-0.3, -0.25) is 0 Å². The number of benzene rings is 2. The van der Waals surface area contributed by atoms with Crippen molar-refractivity contribution in [2.24, 2.45) is 0 Å². The molecule has 0 bridgehead atoms. The van der Waals surface area contributed by atoms with Crippen LogP contribution in [-0.2, 0) is 0 Å². The Morgan fingerprint density at radius 3 is 2.47 bits per heavy atom. The van der Waals surface area contributed by atoms with Gasteiger partial charge in [-0.2, -0.15) is 0 Å². The maximum Gasteiger partial charge on any atom is 0.141 e. The molecule has 0 aliphatic rings. The van der Waals surface area contributed by atoms with Crippen molar-refractivity contribution in [3.05, 3.63) is 64.9 Å². The van der Waals surface area contributed by atoms with Crippen LogP contribution in [0.3, 0.4) is 0 Å². The Kier molecular flexibility index (Phi) is 3.71. The fourth-order valence-corrected chi connectivity index (χ4v) is 1.80. The van der Waals surface area contributed by atoms with Gasteiger partial charge in [-0.05, 0) is 18.2 Å². The van der Waals surface area contributed by atoms with Crippen molar-refractivity contribution in [2.45, 2.75) is 0 Å². The van der Waals surface area contributed by atoms with E-state index in [4.69, 9.17) is 23.8 Å². The summed E-state index contributed by atoms with van der Waals surface area (Å²) in [6, 6.07) is 13.9. The van der Waals surface area contributed by atoms with Crippen LogP contribution in [0.5, 0.6) is 0 Å². The Labute approximate surface area is 109 Å². The third-order valence-corrected chi connectivity index (χ3v) is 2.84. The molecule has 0 saturated heterocycles. The van der Waals surface area contributed by atoms with Crippen LogP contribution in [-0.4, -0.2) is 4.99 Å². The molecular formula is C13H9ClFNS. The van der Waals surface area contributed by atoms with Crippen molar-refractivity contribution in [3.8, 4) is 0 Å². The van der Waals surface area contributed by atoms with E-state index in [1.54, 1.807) is 6.07 Å². The summed E-state index contributed by atoms with van der Waals surface area (Å²) in [6.45, 7) is 0. The van der Waals surface area contributed by atoms with Gasteiger partial charge in [0.25, 0.3) is 0 Å². The van der Waals surface area contributed by atoms with Gasteiger partial charge < -0.3 is 5.32 Å². The van der Waals surface area contributed by atoms with Gasteiger partial charge in [0.15, 0.2) is 0 Å². The van der Waals surface area contributed by atoms with Crippen LogP contribution in [0.15, 0.2) is 48.5 Å². The van der Waals surface area contributed by atoms with E-state index in [0.717, 1.165) is 5.56 Å². The monoisotopic (exact) mass is 265 g/mol. The topological polar surface area (TPSA) is 12.0 Å². The van der Waals surface area contributed by atoms with E-state index in [2.05, 4.69) is 5.32 Å². The standard InChI is InChI=1S/C13H9ClFNS/c14-11-8-10(6-7-12(11)15)16-13(17)9-4-2-1-3-5-9/h1-8H,(H,16,17). The van der Waals surface area contributed by atoms with E-state index in [0.29, 0.717) is 10.7 Å². The van der Waals surface area contributed by atoms with E-state index >= 15 is 0 Å². The molecule has 2 aromatic carbocycles. The third kappa shape index (κ3) is 3.02. The summed E-state index contributed by atoms with van der Waals surface area (Å²) in [7, 11) is 0. The highest BCUT2D eigenvalue weighted by atomic mass is 35.5. The molecule has 0 radical (unpaired) electrons. The molecule has 0 aliphatic carbocycles. The Bertz CT molecular complexity index is 542. The summed E-state index contributed by atoms with van der Waals surface area (Å²) >= 11 is 10.9. The van der Waals surface area contributed by atoms with Crippen LogP contribution in [0.25, 0.3) is 0 Å². The number of anilines is 1. The Hall–Kier alpha value is -1.45. The SMILES string of the molecule is Fc1ccc(NC(=S)c2ccccc2)cc1Cl. The van der Waals surface area contributed by atoms with Crippen molar-refractivity contribution in [3.63, 3.8) is 0 Å². The highest BCUT2D eigenvalue weighted by Gasteiger charge is 2.03. The van der Waals surface area contributed by atoms with Crippen molar-refractivity contribution in [1.29, 1.82) is 0 Å². The molecule has 0 aliphatic heterocycles. The first-order valence-electron chi connectivity index (χ1n) is 4.98. The predicted octanol–water partition coefficient (Wildman–Crippen LogP) is 4.27. The lowest BCUT2D eigenvalue weighted by molar-refractivity contribution is 0.628. The number of rotatable bonds is 2. The van der Waals surface area contributed by atoms with Gasteiger partial charge in [0, 0.05) is 11.3 Å². The molecule has 0 fully saturated rings. The summed E-state index contributed by atoms with van der Waals surface area (Å²) in [5.74, 6) is -0.442. The first-order valence-corrected chi connectivity index (χ1v) is 5.77. The molecule has 86 valence electrons.